The summed E-state index contributed by atoms with van der Waals surface area (Å²) in [5, 5.41) is 33.8. The van der Waals surface area contributed by atoms with E-state index in [1.165, 1.54) is 46.8 Å². The highest BCUT2D eigenvalue weighted by molar-refractivity contribution is 14.1. The summed E-state index contributed by atoms with van der Waals surface area (Å²) in [5.41, 5.74) is 3.87. The number of benzene rings is 3. The van der Waals surface area contributed by atoms with Crippen molar-refractivity contribution in [3.63, 3.8) is 0 Å². The van der Waals surface area contributed by atoms with Crippen molar-refractivity contribution in [2.24, 2.45) is 0 Å². The van der Waals surface area contributed by atoms with E-state index in [2.05, 4.69) is 70.6 Å². The van der Waals surface area contributed by atoms with E-state index >= 15 is 14.0 Å². The number of aliphatic hydroxyl groups excluding tert-OH is 1. The molecule has 1 aromatic heterocycles. The molecule has 4 aliphatic rings. The maximum atomic E-state index is 15.9. The zero-order chi connectivity index (χ0) is 68.5. The third kappa shape index (κ3) is 18.9. The molecule has 28 nitrogen and oxygen atoms in total. The minimum Gasteiger partial charge on any atom is -0.391 e. The average Bonchev–Trinajstić information content (AvgIpc) is 1.66. The van der Waals surface area contributed by atoms with Crippen LogP contribution >= 0.6 is 22.6 Å². The second-order valence-corrected chi connectivity index (χ2v) is 25.5. The lowest BCUT2D eigenvalue weighted by Gasteiger charge is -2.32. The molecule has 8 rings (SSSR count). The number of rotatable bonds is 19. The summed E-state index contributed by atoms with van der Waals surface area (Å²) in [6.45, 7) is 3.47. The topological polar surface area (TPSA) is 366 Å². The van der Waals surface area contributed by atoms with Crippen LogP contribution in [0.2, 0.25) is 0 Å². The van der Waals surface area contributed by atoms with Gasteiger partial charge in [0.15, 0.2) is 0 Å². The van der Waals surface area contributed by atoms with E-state index in [0.717, 1.165) is 40.9 Å². The number of likely N-dealkylation sites (tertiary alicyclic amines) is 1. The third-order valence-corrected chi connectivity index (χ3v) is 18.2. The quantitative estimate of drug-likeness (QED) is 0.0193. The van der Waals surface area contributed by atoms with E-state index in [-0.39, 0.29) is 67.8 Å². The van der Waals surface area contributed by atoms with Gasteiger partial charge in [-0.25, -0.2) is 14.9 Å². The minimum atomic E-state index is -1.75. The van der Waals surface area contributed by atoms with E-state index in [4.69, 9.17) is 9.57 Å². The Hall–Kier alpha value is -8.62. The van der Waals surface area contributed by atoms with Gasteiger partial charge in [-0.05, 0) is 110 Å². The fourth-order valence-electron chi connectivity index (χ4n) is 12.1. The molecule has 4 aromatic rings. The van der Waals surface area contributed by atoms with Crippen molar-refractivity contribution < 1.29 is 76.6 Å². The van der Waals surface area contributed by atoms with Gasteiger partial charge >= 0.3 is 0 Å². The first-order valence-electron chi connectivity index (χ1n) is 31.8. The van der Waals surface area contributed by atoms with Crippen LogP contribution in [0.3, 0.4) is 0 Å². The molecule has 512 valence electrons. The highest BCUT2D eigenvalue weighted by atomic mass is 127. The maximum Gasteiger partial charge on any atom is 0.268 e. The largest absolute Gasteiger partial charge is 0.391 e. The van der Waals surface area contributed by atoms with Crippen molar-refractivity contribution in [3.05, 3.63) is 107 Å². The number of hydroxylamine groups is 1. The number of ether oxygens (including phenoxy) is 1. The molecule has 30 heteroatoms. The van der Waals surface area contributed by atoms with E-state index < -0.39 is 151 Å². The monoisotopic (exact) mass is 1430 g/mol. The zero-order valence-electron chi connectivity index (χ0n) is 53.5. The Labute approximate surface area is 562 Å². The second kappa shape index (κ2) is 33.7. The van der Waals surface area contributed by atoms with Gasteiger partial charge in [0.05, 0.1) is 31.4 Å². The van der Waals surface area contributed by atoms with E-state index in [1.807, 2.05) is 12.1 Å². The molecule has 0 saturated carbocycles. The van der Waals surface area contributed by atoms with Crippen LogP contribution in [0.1, 0.15) is 106 Å². The Morgan fingerprint density at radius 2 is 1.61 bits per heavy atom. The lowest BCUT2D eigenvalue weighted by atomic mass is 9.98. The number of amides is 12. The number of alkyl halides is 1. The lowest BCUT2D eigenvalue weighted by Crippen LogP contribution is -2.62. The number of aliphatic hydroxyl groups is 1. The van der Waals surface area contributed by atoms with Crippen LogP contribution in [0.4, 0.5) is 4.39 Å². The van der Waals surface area contributed by atoms with Crippen molar-refractivity contribution in [1.82, 2.24) is 62.5 Å². The number of carbonyl (C=O) groups is 12. The molecule has 2 saturated heterocycles. The van der Waals surface area contributed by atoms with Crippen molar-refractivity contribution in [1.29, 1.82) is 0 Å². The van der Waals surface area contributed by atoms with E-state index in [9.17, 15) is 53.1 Å². The standard InChI is InChI=1S/C65H83FIN13O15/c1-38-58(87)74-49(33-70-52(83)12-6-5-7-24-67)60(89)72-47-29-42-10-8-11-43(28-42)32-69-54(85)36-95-51-22-27-78(57(51)62(91)75-56(39(2)82)61(90)76-94-4)63(92)48(73-59(47)88)30-44-35-79(50-18-17-45(66)31-46(44)50)80(55(86)20-19-53(84)71-38)34-41-15-13-40(14-16-41)21-25-68-64(93)65(3)23-9-26-77(65)37-81/h8,10-11,13-18,28,31,35,37-39,47-49,51,56-57,82H,5-7,9,12,19-27,29-30,32-34,36H2,1-4H3,(H,68,93)(H,69,85)(H,70,83)(H,71,84)(H,72,89)(H,73,88)(H,74,87)(H,75,91)(H,76,90)/t38-,39+,47?,48-,49+,51-,56-,57-,65-/m0/s1. The number of nitrogens with one attached hydrogen (secondary N) is 9. The number of unbranched alkanes of at least 4 members (excludes halogenated alkanes) is 2. The molecule has 3 aromatic carbocycles. The number of hydrogen-bond donors (Lipinski definition) is 10. The molecule has 8 bridgehead atoms. The lowest BCUT2D eigenvalue weighted by molar-refractivity contribution is -0.147. The minimum absolute atomic E-state index is 0.0538. The van der Waals surface area contributed by atoms with Gasteiger partial charge in [-0.1, -0.05) is 77.5 Å². The van der Waals surface area contributed by atoms with Gasteiger partial charge in [0.2, 0.25) is 65.5 Å². The molecule has 9 atom stereocenters. The van der Waals surface area contributed by atoms with Gasteiger partial charge in [-0.15, -0.1) is 0 Å². The van der Waals surface area contributed by atoms with Crippen LogP contribution in [-0.4, -0.2) is 189 Å². The molecule has 5 heterocycles. The van der Waals surface area contributed by atoms with Crippen molar-refractivity contribution in [2.75, 3.05) is 49.3 Å². The first-order valence-corrected chi connectivity index (χ1v) is 33.3. The van der Waals surface area contributed by atoms with Crippen LogP contribution in [0.25, 0.3) is 10.9 Å². The van der Waals surface area contributed by atoms with E-state index in [0.29, 0.717) is 55.3 Å². The molecular formula is C65H83FIN13O15. The van der Waals surface area contributed by atoms with Gasteiger partial charge in [-0.3, -0.25) is 67.0 Å². The first-order chi connectivity index (χ1) is 45.5. The Morgan fingerprint density at radius 3 is 2.35 bits per heavy atom. The van der Waals surface area contributed by atoms with Crippen molar-refractivity contribution in [3.8, 4) is 0 Å². The summed E-state index contributed by atoms with van der Waals surface area (Å²) >= 11 is 2.23. The number of nitrogens with zero attached hydrogens (tertiary/aromatic N) is 4. The SMILES string of the molecule is CONC(=O)[C@@H](NC(=O)[C@@H]1[C@@H]2CCN1C(=O)[C@@H]1Cc3cn(c4ccc(F)cc34)N(Cc3ccc(CCNC(=O)[C@]4(C)CCCN4C=O)cc3)C(=O)CCC(=O)N[C@@H](C)C(=O)N[C@H](CNC(=O)CCCCCI)C(=O)NC(Cc3cccc(c3)CNC(=O)CO2)C(=O)N1)[C@@H](C)O. The number of fused-ring (bicyclic) bond motifs is 12. The van der Waals surface area contributed by atoms with Crippen LogP contribution < -0.4 is 53.0 Å². The van der Waals surface area contributed by atoms with Crippen LogP contribution in [-0.2, 0) is 99.5 Å². The third-order valence-electron chi connectivity index (χ3n) is 17.4. The Balaban J connectivity index is 1.22. The summed E-state index contributed by atoms with van der Waals surface area (Å²) in [7, 11) is 1.14. The zero-order valence-corrected chi connectivity index (χ0v) is 55.6. The van der Waals surface area contributed by atoms with Crippen LogP contribution in [0.5, 0.6) is 0 Å². The average molecular weight is 1430 g/mol. The number of aromatic nitrogens is 1. The summed E-state index contributed by atoms with van der Waals surface area (Å²) in [4.78, 5) is 176. The molecule has 2 fully saturated rings. The second-order valence-electron chi connectivity index (χ2n) is 24.4. The predicted octanol–water partition coefficient (Wildman–Crippen LogP) is -0.0764. The van der Waals surface area contributed by atoms with Gasteiger partial charge < -0.3 is 62.2 Å². The normalized spacial score (nSPS) is 23.3. The highest BCUT2D eigenvalue weighted by Gasteiger charge is 2.47. The molecule has 95 heavy (non-hydrogen) atoms. The summed E-state index contributed by atoms with van der Waals surface area (Å²) in [5.74, 6) is -9.21. The molecule has 12 amide bonds. The van der Waals surface area contributed by atoms with E-state index in [1.54, 1.807) is 43.3 Å². The fourth-order valence-corrected chi connectivity index (χ4v) is 12.6. The van der Waals surface area contributed by atoms with Gasteiger partial charge in [0.1, 0.15) is 54.2 Å². The molecule has 4 aliphatic heterocycles. The first kappa shape index (κ1) is 72.2. The fraction of sp³-hybridized carbons (Fsp3) is 0.508. The summed E-state index contributed by atoms with van der Waals surface area (Å²) in [6.07, 6.45) is 1.44. The summed E-state index contributed by atoms with van der Waals surface area (Å²) in [6, 6.07) is 7.92. The molecule has 1 unspecified atom stereocenters. The Morgan fingerprint density at radius 1 is 0.863 bits per heavy atom. The molecule has 0 spiro atoms. The van der Waals surface area contributed by atoms with Crippen molar-refractivity contribution >= 4 is 105 Å². The predicted molar refractivity (Wildman–Crippen MR) is 350 cm³/mol. The Kier molecular flexibility index (Phi) is 25.6. The van der Waals surface area contributed by atoms with Gasteiger partial charge in [-0.2, -0.15) is 0 Å². The van der Waals surface area contributed by atoms with Crippen LogP contribution in [0.15, 0.2) is 72.9 Å². The number of hydrogen-bond acceptors (Lipinski definition) is 15. The Bertz CT molecular complexity index is 3500. The van der Waals surface area contributed by atoms with Gasteiger partial charge in [0, 0.05) is 76.4 Å². The smallest absolute Gasteiger partial charge is 0.268 e. The van der Waals surface area contributed by atoms with Gasteiger partial charge in [0.25, 0.3) is 5.91 Å². The summed E-state index contributed by atoms with van der Waals surface area (Å²) < 4.78 is 24.3. The molecular weight excluding hydrogens is 1350 g/mol. The number of carbonyl (C=O) groups excluding carboxylic acids is 12. The molecule has 0 aliphatic carbocycles. The maximum absolute atomic E-state index is 15.9. The number of halogens is 2. The van der Waals surface area contributed by atoms with Crippen molar-refractivity contribution in [2.45, 2.75) is 165 Å². The molecule has 0 radical (unpaired) electrons. The highest BCUT2D eigenvalue weighted by Crippen LogP contribution is 2.30. The molecule has 10 N–H and O–H groups in total. The van der Waals surface area contributed by atoms with Crippen LogP contribution in [0, 0.1) is 5.82 Å².